The minimum atomic E-state index is -1.31. The molecule has 0 aliphatic heterocycles. The van der Waals surface area contributed by atoms with Gasteiger partial charge in [-0.3, -0.25) is 4.68 Å². The summed E-state index contributed by atoms with van der Waals surface area (Å²) in [7, 11) is 2.88. The van der Waals surface area contributed by atoms with E-state index in [-0.39, 0.29) is 17.0 Å². The van der Waals surface area contributed by atoms with E-state index in [4.69, 9.17) is 14.9 Å². The van der Waals surface area contributed by atoms with Gasteiger partial charge in [0.2, 0.25) is 0 Å². The lowest BCUT2D eigenvalue weighted by molar-refractivity contribution is 0.0680. The molecular weight excluding hydrogens is 280 g/mol. The summed E-state index contributed by atoms with van der Waals surface area (Å²) < 4.78 is 6.39. The van der Waals surface area contributed by atoms with E-state index < -0.39 is 17.7 Å². The van der Waals surface area contributed by atoms with Crippen LogP contribution < -0.4 is 4.74 Å². The normalized spacial score (nSPS) is 10.4. The zero-order valence-corrected chi connectivity index (χ0v) is 11.2. The van der Waals surface area contributed by atoms with Gasteiger partial charge < -0.3 is 20.1 Å². The maximum Gasteiger partial charge on any atom is 0.356 e. The van der Waals surface area contributed by atoms with Gasteiger partial charge in [-0.05, 0) is 12.1 Å². The van der Waals surface area contributed by atoms with Crippen molar-refractivity contribution in [2.24, 2.45) is 7.05 Å². The van der Waals surface area contributed by atoms with Crippen LogP contribution in [0.15, 0.2) is 18.2 Å². The molecule has 0 aliphatic rings. The Hall–Kier alpha value is -3.03. The lowest BCUT2D eigenvalue weighted by Gasteiger charge is -2.11. The van der Waals surface area contributed by atoms with Crippen LogP contribution in [-0.4, -0.2) is 44.1 Å². The van der Waals surface area contributed by atoms with Crippen LogP contribution in [0, 0.1) is 0 Å². The average Bonchev–Trinajstić information content (AvgIpc) is 2.80. The third-order valence-electron chi connectivity index (χ3n) is 2.92. The number of rotatable bonds is 4. The molecule has 110 valence electrons. The number of carboxylic acids is 2. The van der Waals surface area contributed by atoms with Crippen LogP contribution in [0.1, 0.15) is 20.8 Å². The summed E-state index contributed by atoms with van der Waals surface area (Å²) >= 11 is 0. The SMILES string of the molecule is COc1cc(O)c(C(=O)O)cc1-c1cc(C(=O)O)nn1C. The van der Waals surface area contributed by atoms with Gasteiger partial charge in [-0.1, -0.05) is 0 Å². The molecule has 0 amide bonds. The van der Waals surface area contributed by atoms with Crippen molar-refractivity contribution in [3.63, 3.8) is 0 Å². The highest BCUT2D eigenvalue weighted by Gasteiger charge is 2.20. The predicted octanol–water partition coefficient (Wildman–Crippen LogP) is 1.20. The van der Waals surface area contributed by atoms with Gasteiger partial charge >= 0.3 is 11.9 Å². The largest absolute Gasteiger partial charge is 0.507 e. The van der Waals surface area contributed by atoms with Crippen molar-refractivity contribution >= 4 is 11.9 Å². The fraction of sp³-hybridized carbons (Fsp3) is 0.154. The molecular formula is C13H12N2O6. The van der Waals surface area contributed by atoms with Crippen LogP contribution >= 0.6 is 0 Å². The van der Waals surface area contributed by atoms with Crippen molar-refractivity contribution in [2.75, 3.05) is 7.11 Å². The number of aromatic nitrogens is 2. The summed E-state index contributed by atoms with van der Waals surface area (Å²) in [5, 5.41) is 31.4. The predicted molar refractivity (Wildman–Crippen MR) is 70.8 cm³/mol. The van der Waals surface area contributed by atoms with Crippen LogP contribution in [0.25, 0.3) is 11.3 Å². The number of hydrogen-bond donors (Lipinski definition) is 3. The summed E-state index contributed by atoms with van der Waals surface area (Å²) in [5.74, 6) is -2.74. The topological polar surface area (TPSA) is 122 Å². The number of ether oxygens (including phenoxy) is 1. The molecule has 8 heteroatoms. The molecule has 0 saturated heterocycles. The Morgan fingerprint density at radius 2 is 1.86 bits per heavy atom. The Balaban J connectivity index is 2.70. The highest BCUT2D eigenvalue weighted by molar-refractivity contribution is 5.94. The molecule has 0 atom stereocenters. The number of carboxylic acid groups (broad SMARTS) is 2. The number of carbonyl (C=O) groups is 2. The smallest absolute Gasteiger partial charge is 0.356 e. The lowest BCUT2D eigenvalue weighted by atomic mass is 10.0. The molecule has 0 fully saturated rings. The first-order valence-corrected chi connectivity index (χ1v) is 5.77. The number of benzene rings is 1. The van der Waals surface area contributed by atoms with Crippen molar-refractivity contribution < 1.29 is 29.6 Å². The molecule has 8 nitrogen and oxygen atoms in total. The van der Waals surface area contributed by atoms with E-state index in [0.717, 1.165) is 6.07 Å². The first kappa shape index (κ1) is 14.4. The quantitative estimate of drug-likeness (QED) is 0.773. The number of nitrogens with zero attached hydrogens (tertiary/aromatic N) is 2. The Bertz CT molecular complexity index is 735. The summed E-state index contributed by atoms with van der Waals surface area (Å²) in [5.41, 5.74) is 0.172. The van der Waals surface area contributed by atoms with Crippen molar-refractivity contribution in [2.45, 2.75) is 0 Å². The van der Waals surface area contributed by atoms with Crippen molar-refractivity contribution in [3.8, 4) is 22.8 Å². The third-order valence-corrected chi connectivity index (χ3v) is 2.92. The second kappa shape index (κ2) is 5.16. The van der Waals surface area contributed by atoms with E-state index in [0.29, 0.717) is 11.3 Å². The minimum absolute atomic E-state index is 0.181. The number of aromatic hydroxyl groups is 1. The van der Waals surface area contributed by atoms with Gasteiger partial charge in [0.15, 0.2) is 5.69 Å². The maximum absolute atomic E-state index is 11.1. The summed E-state index contributed by atoms with van der Waals surface area (Å²) in [6.45, 7) is 0. The van der Waals surface area contributed by atoms with Gasteiger partial charge in [0.1, 0.15) is 17.1 Å². The van der Waals surface area contributed by atoms with Gasteiger partial charge in [-0.2, -0.15) is 5.10 Å². The average molecular weight is 292 g/mol. The van der Waals surface area contributed by atoms with Crippen LogP contribution in [0.5, 0.6) is 11.5 Å². The Morgan fingerprint density at radius 1 is 1.19 bits per heavy atom. The minimum Gasteiger partial charge on any atom is -0.507 e. The molecule has 21 heavy (non-hydrogen) atoms. The third kappa shape index (κ3) is 2.50. The Labute approximate surface area is 118 Å². The number of hydrogen-bond acceptors (Lipinski definition) is 5. The molecule has 0 spiro atoms. The fourth-order valence-electron chi connectivity index (χ4n) is 1.93. The number of phenols is 1. The van der Waals surface area contributed by atoms with Crippen molar-refractivity contribution in [1.82, 2.24) is 9.78 Å². The van der Waals surface area contributed by atoms with E-state index in [1.807, 2.05) is 0 Å². The molecule has 2 aromatic rings. The van der Waals surface area contributed by atoms with Gasteiger partial charge in [0.05, 0.1) is 12.8 Å². The molecule has 3 N–H and O–H groups in total. The van der Waals surface area contributed by atoms with Crippen molar-refractivity contribution in [1.29, 1.82) is 0 Å². The highest BCUT2D eigenvalue weighted by Crippen LogP contribution is 2.35. The molecule has 0 unspecified atom stereocenters. The van der Waals surface area contributed by atoms with Gasteiger partial charge in [0, 0.05) is 18.7 Å². The molecule has 2 rings (SSSR count). The van der Waals surface area contributed by atoms with Crippen LogP contribution in [0.2, 0.25) is 0 Å². The lowest BCUT2D eigenvalue weighted by Crippen LogP contribution is -2.01. The van der Waals surface area contributed by atoms with E-state index >= 15 is 0 Å². The van der Waals surface area contributed by atoms with Gasteiger partial charge in [-0.15, -0.1) is 0 Å². The van der Waals surface area contributed by atoms with Crippen LogP contribution in [-0.2, 0) is 7.05 Å². The second-order valence-corrected chi connectivity index (χ2v) is 4.22. The van der Waals surface area contributed by atoms with Crippen LogP contribution in [0.4, 0.5) is 0 Å². The summed E-state index contributed by atoms with van der Waals surface area (Å²) in [4.78, 5) is 22.0. The monoisotopic (exact) mass is 292 g/mol. The zero-order chi connectivity index (χ0) is 15.7. The van der Waals surface area contributed by atoms with E-state index in [1.54, 1.807) is 0 Å². The molecule has 0 radical (unpaired) electrons. The molecule has 1 aromatic carbocycles. The molecule has 1 heterocycles. The van der Waals surface area contributed by atoms with E-state index in [2.05, 4.69) is 5.10 Å². The fourth-order valence-corrected chi connectivity index (χ4v) is 1.93. The zero-order valence-electron chi connectivity index (χ0n) is 11.2. The van der Waals surface area contributed by atoms with Gasteiger partial charge in [-0.25, -0.2) is 9.59 Å². The summed E-state index contributed by atoms with van der Waals surface area (Å²) in [6.07, 6.45) is 0. The van der Waals surface area contributed by atoms with E-state index in [1.165, 1.54) is 31.0 Å². The molecule has 1 aromatic heterocycles. The second-order valence-electron chi connectivity index (χ2n) is 4.22. The summed E-state index contributed by atoms with van der Waals surface area (Å²) in [6, 6.07) is 3.66. The van der Waals surface area contributed by atoms with Crippen LogP contribution in [0.3, 0.4) is 0 Å². The maximum atomic E-state index is 11.1. The molecule has 0 saturated carbocycles. The number of aryl methyl sites for hydroxylation is 1. The number of aromatic carboxylic acids is 2. The molecule has 0 aliphatic carbocycles. The Kier molecular flexibility index (Phi) is 3.53. The Morgan fingerprint density at radius 3 is 2.33 bits per heavy atom. The first-order chi connectivity index (χ1) is 9.85. The van der Waals surface area contributed by atoms with Crippen molar-refractivity contribution in [3.05, 3.63) is 29.5 Å². The van der Waals surface area contributed by atoms with E-state index in [9.17, 15) is 14.7 Å². The highest BCUT2D eigenvalue weighted by atomic mass is 16.5. The standard InChI is InChI=1S/C13H12N2O6/c1-15-9(4-8(14-15)13(19)20)6-3-7(12(17)18)10(16)5-11(6)21-2/h3-5,16H,1-2H3,(H,17,18)(H,19,20). The van der Waals surface area contributed by atoms with Gasteiger partial charge in [0.25, 0.3) is 0 Å². The number of methoxy groups -OCH3 is 1. The first-order valence-electron chi connectivity index (χ1n) is 5.77. The molecule has 0 bridgehead atoms.